The first kappa shape index (κ1) is 21.1. The molecule has 0 saturated carbocycles. The largest absolute Gasteiger partial charge is 0.338 e. The Labute approximate surface area is 192 Å². The molecule has 0 N–H and O–H groups in total. The van der Waals surface area contributed by atoms with Gasteiger partial charge in [-0.1, -0.05) is 30.3 Å². The predicted octanol–water partition coefficient (Wildman–Crippen LogP) is 5.15. The van der Waals surface area contributed by atoms with Gasteiger partial charge in [-0.05, 0) is 54.8 Å². The quantitative estimate of drug-likeness (QED) is 0.431. The number of benzene rings is 2. The highest BCUT2D eigenvalue weighted by Crippen LogP contribution is 2.29. The van der Waals surface area contributed by atoms with Gasteiger partial charge in [0.05, 0.1) is 12.0 Å². The van der Waals surface area contributed by atoms with Crippen molar-refractivity contribution in [2.75, 3.05) is 13.1 Å². The zero-order valence-corrected chi connectivity index (χ0v) is 18.3. The van der Waals surface area contributed by atoms with E-state index in [1.807, 2.05) is 64.2 Å². The molecule has 1 unspecified atom stereocenters. The Kier molecular flexibility index (Phi) is 5.98. The first-order chi connectivity index (χ1) is 16.2. The van der Waals surface area contributed by atoms with E-state index in [1.165, 1.54) is 6.07 Å². The van der Waals surface area contributed by atoms with Crippen LogP contribution in [0.4, 0.5) is 4.39 Å². The number of halogens is 1. The molecule has 1 aliphatic rings. The molecule has 1 saturated heterocycles. The molecule has 0 aliphatic carbocycles. The third kappa shape index (κ3) is 4.70. The Hall–Kier alpha value is -3.80. The lowest BCUT2D eigenvalue weighted by atomic mass is 9.93. The topological polar surface area (TPSA) is 51.0 Å². The SMILES string of the molecule is O=C(c1cccc(Cn2ccnc2)c1)N1CCCC(c2cccc(-c3ccccc3F)n2)C1. The average molecular weight is 441 g/mol. The molecule has 0 spiro atoms. The van der Waals surface area contributed by atoms with Gasteiger partial charge in [-0.15, -0.1) is 0 Å². The second-order valence-corrected chi connectivity index (χ2v) is 8.45. The van der Waals surface area contributed by atoms with Crippen molar-refractivity contribution in [3.8, 4) is 11.3 Å². The maximum Gasteiger partial charge on any atom is 0.253 e. The summed E-state index contributed by atoms with van der Waals surface area (Å²) in [6.45, 7) is 2.02. The van der Waals surface area contributed by atoms with Crippen molar-refractivity contribution >= 4 is 5.91 Å². The standard InChI is InChI=1S/C27H25FN4O/c28-24-10-2-1-9-23(24)26-12-4-11-25(30-26)22-8-5-14-32(18-22)27(33)21-7-3-6-20(16-21)17-31-15-13-29-19-31/h1-4,6-7,9-13,15-16,19,22H,5,8,14,17-18H2. The normalized spacial score (nSPS) is 16.0. The number of rotatable bonds is 5. The van der Waals surface area contributed by atoms with Gasteiger partial charge in [-0.3, -0.25) is 9.78 Å². The lowest BCUT2D eigenvalue weighted by Gasteiger charge is -2.33. The summed E-state index contributed by atoms with van der Waals surface area (Å²) < 4.78 is 16.2. The summed E-state index contributed by atoms with van der Waals surface area (Å²) in [6, 6.07) is 20.2. The highest BCUT2D eigenvalue weighted by atomic mass is 19.1. The van der Waals surface area contributed by atoms with E-state index in [1.54, 1.807) is 24.7 Å². The molecule has 1 fully saturated rings. The molecule has 166 valence electrons. The van der Waals surface area contributed by atoms with Crippen molar-refractivity contribution in [1.29, 1.82) is 0 Å². The van der Waals surface area contributed by atoms with E-state index >= 15 is 0 Å². The minimum absolute atomic E-state index is 0.0393. The smallest absolute Gasteiger partial charge is 0.253 e. The van der Waals surface area contributed by atoms with Crippen molar-refractivity contribution < 1.29 is 9.18 Å². The Morgan fingerprint density at radius 2 is 1.94 bits per heavy atom. The number of hydrogen-bond donors (Lipinski definition) is 0. The van der Waals surface area contributed by atoms with Gasteiger partial charge in [0.25, 0.3) is 5.91 Å². The third-order valence-corrected chi connectivity index (χ3v) is 6.15. The van der Waals surface area contributed by atoms with Crippen LogP contribution in [0.2, 0.25) is 0 Å². The number of amides is 1. The predicted molar refractivity (Wildman–Crippen MR) is 125 cm³/mol. The van der Waals surface area contributed by atoms with Crippen LogP contribution in [0.25, 0.3) is 11.3 Å². The number of likely N-dealkylation sites (tertiary alicyclic amines) is 1. The second kappa shape index (κ2) is 9.36. The molecule has 6 heteroatoms. The minimum Gasteiger partial charge on any atom is -0.338 e. The number of hydrogen-bond acceptors (Lipinski definition) is 3. The highest BCUT2D eigenvalue weighted by Gasteiger charge is 2.26. The molecule has 5 rings (SSSR count). The van der Waals surface area contributed by atoms with Crippen LogP contribution >= 0.6 is 0 Å². The number of piperidine rings is 1. The molecule has 5 nitrogen and oxygen atoms in total. The molecule has 1 aliphatic heterocycles. The second-order valence-electron chi connectivity index (χ2n) is 8.45. The summed E-state index contributed by atoms with van der Waals surface area (Å²) in [4.78, 5) is 24.1. The molecule has 0 bridgehead atoms. The molecule has 0 radical (unpaired) electrons. The maximum absolute atomic E-state index is 14.3. The van der Waals surface area contributed by atoms with E-state index in [0.29, 0.717) is 29.9 Å². The average Bonchev–Trinajstić information content (AvgIpc) is 3.37. The van der Waals surface area contributed by atoms with E-state index < -0.39 is 0 Å². The number of nitrogens with zero attached hydrogens (tertiary/aromatic N) is 4. The zero-order chi connectivity index (χ0) is 22.6. The van der Waals surface area contributed by atoms with Gasteiger partial charge in [0, 0.05) is 54.8 Å². The number of imidazole rings is 1. The lowest BCUT2D eigenvalue weighted by molar-refractivity contribution is 0.0706. The van der Waals surface area contributed by atoms with Gasteiger partial charge in [-0.2, -0.15) is 0 Å². The number of pyridine rings is 1. The van der Waals surface area contributed by atoms with Crippen LogP contribution in [0.15, 0.2) is 85.5 Å². The summed E-state index contributed by atoms with van der Waals surface area (Å²) in [7, 11) is 0. The summed E-state index contributed by atoms with van der Waals surface area (Å²) in [6.07, 6.45) is 7.30. The fourth-order valence-electron chi connectivity index (χ4n) is 4.48. The summed E-state index contributed by atoms with van der Waals surface area (Å²) in [5, 5.41) is 0. The molecule has 1 atom stereocenters. The van der Waals surface area contributed by atoms with Crippen LogP contribution in [0.5, 0.6) is 0 Å². The van der Waals surface area contributed by atoms with Gasteiger partial charge in [-0.25, -0.2) is 9.37 Å². The maximum atomic E-state index is 14.3. The number of carbonyl (C=O) groups excluding carboxylic acids is 1. The summed E-state index contributed by atoms with van der Waals surface area (Å²) >= 11 is 0. The number of carbonyl (C=O) groups is 1. The van der Waals surface area contributed by atoms with Gasteiger partial charge < -0.3 is 9.47 Å². The zero-order valence-electron chi connectivity index (χ0n) is 18.3. The minimum atomic E-state index is -0.279. The van der Waals surface area contributed by atoms with Gasteiger partial charge in [0.1, 0.15) is 5.82 Å². The van der Waals surface area contributed by atoms with E-state index in [4.69, 9.17) is 4.98 Å². The summed E-state index contributed by atoms with van der Waals surface area (Å²) in [5.41, 5.74) is 3.79. The molecular formula is C27H25FN4O. The molecule has 33 heavy (non-hydrogen) atoms. The Morgan fingerprint density at radius 1 is 1.06 bits per heavy atom. The highest BCUT2D eigenvalue weighted by molar-refractivity contribution is 5.94. The van der Waals surface area contributed by atoms with Crippen molar-refractivity contribution in [3.05, 3.63) is 108 Å². The number of aromatic nitrogens is 3. The molecule has 3 heterocycles. The molecular weight excluding hydrogens is 415 g/mol. The fraction of sp³-hybridized carbons (Fsp3) is 0.222. The third-order valence-electron chi connectivity index (χ3n) is 6.15. The van der Waals surface area contributed by atoms with Crippen LogP contribution in [-0.2, 0) is 6.54 Å². The Bertz CT molecular complexity index is 1250. The van der Waals surface area contributed by atoms with Crippen LogP contribution < -0.4 is 0 Å². The molecule has 4 aromatic rings. The van der Waals surface area contributed by atoms with Crippen LogP contribution in [0.1, 0.15) is 40.4 Å². The van der Waals surface area contributed by atoms with Gasteiger partial charge in [0.15, 0.2) is 0 Å². The summed E-state index contributed by atoms with van der Waals surface area (Å²) in [5.74, 6) is -0.112. The fourth-order valence-corrected chi connectivity index (χ4v) is 4.48. The first-order valence-corrected chi connectivity index (χ1v) is 11.2. The van der Waals surface area contributed by atoms with E-state index in [0.717, 1.165) is 30.6 Å². The van der Waals surface area contributed by atoms with Crippen molar-refractivity contribution in [2.45, 2.75) is 25.3 Å². The Balaban J connectivity index is 1.33. The molecule has 1 amide bonds. The van der Waals surface area contributed by atoms with Crippen LogP contribution in [-0.4, -0.2) is 38.4 Å². The molecule has 2 aromatic heterocycles. The Morgan fingerprint density at radius 3 is 2.79 bits per heavy atom. The van der Waals surface area contributed by atoms with Crippen molar-refractivity contribution in [3.63, 3.8) is 0 Å². The van der Waals surface area contributed by atoms with Crippen LogP contribution in [0.3, 0.4) is 0 Å². The van der Waals surface area contributed by atoms with Crippen molar-refractivity contribution in [1.82, 2.24) is 19.4 Å². The van der Waals surface area contributed by atoms with Gasteiger partial charge in [0.2, 0.25) is 0 Å². The van der Waals surface area contributed by atoms with Crippen molar-refractivity contribution in [2.24, 2.45) is 0 Å². The molecule has 2 aromatic carbocycles. The van der Waals surface area contributed by atoms with E-state index in [2.05, 4.69) is 4.98 Å². The van der Waals surface area contributed by atoms with Crippen LogP contribution in [0, 0.1) is 5.82 Å². The first-order valence-electron chi connectivity index (χ1n) is 11.2. The van der Waals surface area contributed by atoms with E-state index in [-0.39, 0.29) is 17.6 Å². The monoisotopic (exact) mass is 440 g/mol. The van der Waals surface area contributed by atoms with E-state index in [9.17, 15) is 9.18 Å². The van der Waals surface area contributed by atoms with Gasteiger partial charge >= 0.3 is 0 Å². The lowest BCUT2D eigenvalue weighted by Crippen LogP contribution is -2.39.